The van der Waals surface area contributed by atoms with Crippen molar-refractivity contribution in [3.05, 3.63) is 18.1 Å². The smallest absolute Gasteiger partial charge is 0.356 e. The van der Waals surface area contributed by atoms with Crippen molar-refractivity contribution in [1.82, 2.24) is 15.3 Å². The van der Waals surface area contributed by atoms with E-state index in [9.17, 15) is 14.4 Å². The topological polar surface area (TPSA) is 112 Å². The SMILES string of the molecule is CC1(C)C(=O)NC(=O)CN1c1cnc(C(=O)O)cn1. The number of piperazine rings is 1. The number of anilines is 1. The van der Waals surface area contributed by atoms with Crippen molar-refractivity contribution in [2.75, 3.05) is 11.4 Å². The van der Waals surface area contributed by atoms with Gasteiger partial charge in [0.05, 0.1) is 18.9 Å². The highest BCUT2D eigenvalue weighted by molar-refractivity contribution is 6.06. The molecule has 0 aromatic carbocycles. The molecule has 19 heavy (non-hydrogen) atoms. The highest BCUT2D eigenvalue weighted by Gasteiger charge is 2.41. The Kier molecular flexibility index (Phi) is 2.93. The van der Waals surface area contributed by atoms with Crippen molar-refractivity contribution < 1.29 is 19.5 Å². The summed E-state index contributed by atoms with van der Waals surface area (Å²) >= 11 is 0. The number of carbonyl (C=O) groups excluding carboxylic acids is 2. The number of carboxylic acids is 1. The quantitative estimate of drug-likeness (QED) is 0.687. The van der Waals surface area contributed by atoms with Gasteiger partial charge in [0.1, 0.15) is 11.4 Å². The zero-order valence-corrected chi connectivity index (χ0v) is 10.4. The van der Waals surface area contributed by atoms with Gasteiger partial charge < -0.3 is 10.0 Å². The second-order valence-corrected chi connectivity index (χ2v) is 4.59. The van der Waals surface area contributed by atoms with E-state index in [1.165, 1.54) is 11.1 Å². The van der Waals surface area contributed by atoms with Gasteiger partial charge in [0.25, 0.3) is 5.91 Å². The van der Waals surface area contributed by atoms with Gasteiger partial charge in [-0.1, -0.05) is 0 Å². The Balaban J connectivity index is 2.36. The Morgan fingerprint density at radius 1 is 1.37 bits per heavy atom. The van der Waals surface area contributed by atoms with Crippen LogP contribution in [-0.4, -0.2) is 44.9 Å². The van der Waals surface area contributed by atoms with Gasteiger partial charge in [-0.2, -0.15) is 0 Å². The first-order valence-corrected chi connectivity index (χ1v) is 5.49. The lowest BCUT2D eigenvalue weighted by Crippen LogP contribution is -2.64. The largest absolute Gasteiger partial charge is 0.476 e. The van der Waals surface area contributed by atoms with E-state index in [1.807, 2.05) is 0 Å². The molecule has 1 aliphatic heterocycles. The summed E-state index contributed by atoms with van der Waals surface area (Å²) in [5, 5.41) is 11.0. The first-order valence-electron chi connectivity index (χ1n) is 5.49. The van der Waals surface area contributed by atoms with Gasteiger partial charge in [-0.25, -0.2) is 14.8 Å². The molecule has 0 unspecified atom stereocenters. The fourth-order valence-corrected chi connectivity index (χ4v) is 1.72. The summed E-state index contributed by atoms with van der Waals surface area (Å²) in [5.41, 5.74) is -1.16. The summed E-state index contributed by atoms with van der Waals surface area (Å²) < 4.78 is 0. The van der Waals surface area contributed by atoms with E-state index in [0.29, 0.717) is 0 Å². The second kappa shape index (κ2) is 4.30. The average molecular weight is 264 g/mol. The van der Waals surface area contributed by atoms with E-state index >= 15 is 0 Å². The summed E-state index contributed by atoms with van der Waals surface area (Å²) in [6, 6.07) is 0. The zero-order valence-electron chi connectivity index (χ0n) is 10.4. The Bertz CT molecular complexity index is 552. The summed E-state index contributed by atoms with van der Waals surface area (Å²) in [4.78, 5) is 43.0. The van der Waals surface area contributed by atoms with E-state index < -0.39 is 23.3 Å². The molecule has 0 spiro atoms. The molecule has 1 aromatic heterocycles. The van der Waals surface area contributed by atoms with Crippen molar-refractivity contribution in [2.24, 2.45) is 0 Å². The first kappa shape index (κ1) is 12.9. The Labute approximate surface area is 108 Å². The highest BCUT2D eigenvalue weighted by Crippen LogP contribution is 2.23. The fraction of sp³-hybridized carbons (Fsp3) is 0.364. The lowest BCUT2D eigenvalue weighted by molar-refractivity contribution is -0.135. The molecule has 0 saturated carbocycles. The minimum Gasteiger partial charge on any atom is -0.476 e. The Morgan fingerprint density at radius 3 is 2.58 bits per heavy atom. The molecule has 2 N–H and O–H groups in total. The molecule has 8 heteroatoms. The number of amides is 2. The number of imide groups is 1. The number of carbonyl (C=O) groups is 3. The van der Waals surface area contributed by atoms with Crippen molar-refractivity contribution >= 4 is 23.6 Å². The Hall–Kier alpha value is -2.51. The molecule has 100 valence electrons. The van der Waals surface area contributed by atoms with Crippen molar-refractivity contribution in [1.29, 1.82) is 0 Å². The third-order valence-electron chi connectivity index (χ3n) is 2.92. The summed E-state index contributed by atoms with van der Waals surface area (Å²) in [6.07, 6.45) is 2.32. The van der Waals surface area contributed by atoms with Crippen LogP contribution >= 0.6 is 0 Å². The van der Waals surface area contributed by atoms with Crippen LogP contribution in [0.25, 0.3) is 0 Å². The third kappa shape index (κ3) is 2.24. The number of nitrogens with zero attached hydrogens (tertiary/aromatic N) is 3. The molecular weight excluding hydrogens is 252 g/mol. The second-order valence-electron chi connectivity index (χ2n) is 4.59. The number of aromatic nitrogens is 2. The molecule has 1 saturated heterocycles. The van der Waals surface area contributed by atoms with Gasteiger partial charge in [0.15, 0.2) is 5.69 Å². The van der Waals surface area contributed by atoms with Crippen LogP contribution < -0.4 is 10.2 Å². The van der Waals surface area contributed by atoms with E-state index in [2.05, 4.69) is 15.3 Å². The molecule has 0 aliphatic carbocycles. The van der Waals surface area contributed by atoms with Crippen LogP contribution in [0.5, 0.6) is 0 Å². The number of hydrogen-bond acceptors (Lipinski definition) is 6. The van der Waals surface area contributed by atoms with Gasteiger partial charge in [-0.05, 0) is 13.8 Å². The highest BCUT2D eigenvalue weighted by atomic mass is 16.4. The van der Waals surface area contributed by atoms with Crippen LogP contribution in [0.4, 0.5) is 5.82 Å². The van der Waals surface area contributed by atoms with Crippen LogP contribution in [0.2, 0.25) is 0 Å². The van der Waals surface area contributed by atoms with Crippen LogP contribution in [0, 0.1) is 0 Å². The molecule has 2 heterocycles. The number of aromatic carboxylic acids is 1. The van der Waals surface area contributed by atoms with E-state index in [4.69, 9.17) is 5.11 Å². The van der Waals surface area contributed by atoms with Gasteiger partial charge in [-0.15, -0.1) is 0 Å². The minimum atomic E-state index is -1.19. The molecule has 1 fully saturated rings. The molecule has 2 amide bonds. The van der Waals surface area contributed by atoms with Gasteiger partial charge in [-0.3, -0.25) is 14.9 Å². The van der Waals surface area contributed by atoms with Crippen LogP contribution in [0.1, 0.15) is 24.3 Å². The van der Waals surface area contributed by atoms with Crippen LogP contribution in [0.15, 0.2) is 12.4 Å². The summed E-state index contributed by atoms with van der Waals surface area (Å²) in [6.45, 7) is 3.24. The fourth-order valence-electron chi connectivity index (χ4n) is 1.72. The maximum Gasteiger partial charge on any atom is 0.356 e. The predicted molar refractivity (Wildman–Crippen MR) is 63.6 cm³/mol. The molecule has 2 rings (SSSR count). The molecule has 1 aliphatic rings. The summed E-state index contributed by atoms with van der Waals surface area (Å²) in [5.74, 6) is -1.79. The van der Waals surface area contributed by atoms with E-state index in [-0.39, 0.29) is 18.1 Å². The average Bonchev–Trinajstić information content (AvgIpc) is 2.34. The minimum absolute atomic E-state index is 0.0418. The lowest BCUT2D eigenvalue weighted by Gasteiger charge is -2.40. The first-order chi connectivity index (χ1) is 8.82. The normalized spacial score (nSPS) is 18.1. The summed E-state index contributed by atoms with van der Waals surface area (Å²) in [7, 11) is 0. The van der Waals surface area contributed by atoms with E-state index in [0.717, 1.165) is 6.20 Å². The number of carboxylic acid groups (broad SMARTS) is 1. The maximum atomic E-state index is 11.8. The van der Waals surface area contributed by atoms with Crippen molar-refractivity contribution in [3.63, 3.8) is 0 Å². The van der Waals surface area contributed by atoms with Crippen LogP contribution in [0.3, 0.4) is 0 Å². The van der Waals surface area contributed by atoms with E-state index in [1.54, 1.807) is 13.8 Å². The van der Waals surface area contributed by atoms with Crippen molar-refractivity contribution in [3.8, 4) is 0 Å². The molecule has 0 radical (unpaired) electrons. The Morgan fingerprint density at radius 2 is 2.05 bits per heavy atom. The van der Waals surface area contributed by atoms with Gasteiger partial charge in [0, 0.05) is 0 Å². The monoisotopic (exact) mass is 264 g/mol. The molecule has 1 aromatic rings. The maximum absolute atomic E-state index is 11.8. The number of hydrogen-bond donors (Lipinski definition) is 2. The third-order valence-corrected chi connectivity index (χ3v) is 2.92. The molecule has 8 nitrogen and oxygen atoms in total. The number of rotatable bonds is 2. The molecule has 0 bridgehead atoms. The standard InChI is InChI=1S/C11H12N4O4/c1-11(2)10(19)14-8(16)5-15(11)7-4-12-6(3-13-7)9(17)18/h3-4H,5H2,1-2H3,(H,17,18)(H,14,16,19). The predicted octanol–water partition coefficient (Wildman–Crippen LogP) is -0.584. The van der Waals surface area contributed by atoms with Crippen molar-refractivity contribution in [2.45, 2.75) is 19.4 Å². The zero-order chi connectivity index (χ0) is 14.2. The van der Waals surface area contributed by atoms with Gasteiger partial charge >= 0.3 is 5.97 Å². The van der Waals surface area contributed by atoms with Crippen LogP contribution in [-0.2, 0) is 9.59 Å². The van der Waals surface area contributed by atoms with Gasteiger partial charge in [0.2, 0.25) is 5.91 Å². The lowest BCUT2D eigenvalue weighted by atomic mass is 9.99. The molecule has 0 atom stereocenters. The molecular formula is C11H12N4O4. The number of nitrogens with one attached hydrogen (secondary N) is 1.